The highest BCUT2D eigenvalue weighted by Crippen LogP contribution is 2.24. The lowest BCUT2D eigenvalue weighted by Crippen LogP contribution is -2.04. The normalized spacial score (nSPS) is 10.9. The molecule has 0 amide bonds. The molecule has 1 aromatic heterocycles. The van der Waals surface area contributed by atoms with Crippen LogP contribution in [0.15, 0.2) is 17.3 Å². The summed E-state index contributed by atoms with van der Waals surface area (Å²) in [6, 6.07) is 4.33. The van der Waals surface area contributed by atoms with Crippen LogP contribution in [0, 0.1) is 20.8 Å². The molecule has 0 unspecified atom stereocenters. The van der Waals surface area contributed by atoms with Crippen LogP contribution >= 0.6 is 11.8 Å². The number of hydrogen-bond donors (Lipinski definition) is 0. The van der Waals surface area contributed by atoms with Gasteiger partial charge in [-0.25, -0.2) is 0 Å². The molecule has 0 saturated heterocycles. The van der Waals surface area contributed by atoms with Crippen molar-refractivity contribution in [3.8, 4) is 5.69 Å². The summed E-state index contributed by atoms with van der Waals surface area (Å²) in [4.78, 5) is 0. The van der Waals surface area contributed by atoms with Gasteiger partial charge in [-0.05, 0) is 48.7 Å². The molecule has 0 atom stereocenters. The molecule has 2 aromatic rings. The number of hydrogen-bond acceptors (Lipinski definition) is 4. The zero-order valence-corrected chi connectivity index (χ0v) is 12.1. The molecule has 1 aromatic carbocycles. The van der Waals surface area contributed by atoms with E-state index in [0.29, 0.717) is 0 Å². The van der Waals surface area contributed by atoms with Gasteiger partial charge in [-0.1, -0.05) is 36.4 Å². The summed E-state index contributed by atoms with van der Waals surface area (Å²) in [7, 11) is 0. The van der Waals surface area contributed by atoms with Gasteiger partial charge in [0.25, 0.3) is 0 Å². The maximum absolute atomic E-state index is 4.13. The molecule has 96 valence electrons. The average molecular weight is 262 g/mol. The van der Waals surface area contributed by atoms with Crippen molar-refractivity contribution in [3.63, 3.8) is 0 Å². The number of benzene rings is 1. The largest absolute Gasteiger partial charge is 0.214 e. The van der Waals surface area contributed by atoms with Crippen LogP contribution in [0.4, 0.5) is 0 Å². The molecule has 0 aliphatic heterocycles. The van der Waals surface area contributed by atoms with Gasteiger partial charge in [0.1, 0.15) is 0 Å². The van der Waals surface area contributed by atoms with Crippen LogP contribution in [0.5, 0.6) is 0 Å². The predicted octanol–water partition coefficient (Wildman–Crippen LogP) is 3.09. The van der Waals surface area contributed by atoms with Gasteiger partial charge >= 0.3 is 0 Å². The Morgan fingerprint density at radius 3 is 2.44 bits per heavy atom. The highest BCUT2D eigenvalue weighted by atomic mass is 32.2. The van der Waals surface area contributed by atoms with Gasteiger partial charge in [0.15, 0.2) is 0 Å². The number of aryl methyl sites for hydroxylation is 3. The zero-order valence-electron chi connectivity index (χ0n) is 11.3. The Labute approximate surface area is 112 Å². The number of tetrazole rings is 1. The van der Waals surface area contributed by atoms with Gasteiger partial charge in [-0.3, -0.25) is 0 Å². The molecule has 0 radical (unpaired) electrons. The Morgan fingerprint density at radius 2 is 1.83 bits per heavy atom. The molecular weight excluding hydrogens is 244 g/mol. The first kappa shape index (κ1) is 13.1. The van der Waals surface area contributed by atoms with Crippen molar-refractivity contribution >= 4 is 11.8 Å². The third kappa shape index (κ3) is 2.56. The lowest BCUT2D eigenvalue weighted by atomic mass is 10.1. The van der Waals surface area contributed by atoms with E-state index in [2.05, 4.69) is 55.4 Å². The summed E-state index contributed by atoms with van der Waals surface area (Å²) in [6.45, 7) is 8.47. The van der Waals surface area contributed by atoms with Crippen molar-refractivity contribution in [3.05, 3.63) is 28.8 Å². The van der Waals surface area contributed by atoms with E-state index >= 15 is 0 Å². The zero-order chi connectivity index (χ0) is 13.1. The highest BCUT2D eigenvalue weighted by Gasteiger charge is 2.13. The van der Waals surface area contributed by atoms with Crippen LogP contribution in [0.3, 0.4) is 0 Å². The van der Waals surface area contributed by atoms with Crippen LogP contribution in [0.1, 0.15) is 30.0 Å². The van der Waals surface area contributed by atoms with Gasteiger partial charge in [0, 0.05) is 5.75 Å². The lowest BCUT2D eigenvalue weighted by Gasteiger charge is -2.11. The molecule has 0 spiro atoms. The minimum Gasteiger partial charge on any atom is -0.187 e. The summed E-state index contributed by atoms with van der Waals surface area (Å²) < 4.78 is 1.85. The summed E-state index contributed by atoms with van der Waals surface area (Å²) in [6.07, 6.45) is 1.11. The summed E-state index contributed by atoms with van der Waals surface area (Å²) in [5, 5.41) is 12.9. The van der Waals surface area contributed by atoms with Crippen LogP contribution in [0.2, 0.25) is 0 Å². The van der Waals surface area contributed by atoms with E-state index in [1.807, 2.05) is 4.68 Å². The van der Waals surface area contributed by atoms with Crippen LogP contribution < -0.4 is 0 Å². The van der Waals surface area contributed by atoms with Gasteiger partial charge < -0.3 is 0 Å². The van der Waals surface area contributed by atoms with E-state index < -0.39 is 0 Å². The van der Waals surface area contributed by atoms with Crippen molar-refractivity contribution in [2.24, 2.45) is 0 Å². The Morgan fingerprint density at radius 1 is 1.17 bits per heavy atom. The molecule has 0 saturated carbocycles. The molecule has 4 nitrogen and oxygen atoms in total. The minimum absolute atomic E-state index is 0.868. The fourth-order valence-corrected chi connectivity index (χ4v) is 2.84. The van der Waals surface area contributed by atoms with E-state index in [0.717, 1.165) is 23.0 Å². The monoisotopic (exact) mass is 262 g/mol. The quantitative estimate of drug-likeness (QED) is 0.794. The fraction of sp³-hybridized carbons (Fsp3) is 0.462. The van der Waals surface area contributed by atoms with Gasteiger partial charge in [0.2, 0.25) is 5.16 Å². The second-order valence-corrected chi connectivity index (χ2v) is 5.53. The maximum Gasteiger partial charge on any atom is 0.214 e. The SMILES string of the molecule is CCCSc1nnnn1-c1c(C)cc(C)cc1C. The van der Waals surface area contributed by atoms with Crippen LogP contribution in [-0.4, -0.2) is 26.0 Å². The summed E-state index contributed by atoms with van der Waals surface area (Å²) >= 11 is 1.70. The van der Waals surface area contributed by atoms with Crippen molar-refractivity contribution in [2.45, 2.75) is 39.3 Å². The number of thioether (sulfide) groups is 1. The number of aromatic nitrogens is 4. The van der Waals surface area contributed by atoms with Gasteiger partial charge in [0.05, 0.1) is 5.69 Å². The van der Waals surface area contributed by atoms with Gasteiger partial charge in [-0.15, -0.1) is 5.10 Å². The Balaban J connectivity index is 2.46. The first-order chi connectivity index (χ1) is 8.63. The van der Waals surface area contributed by atoms with Crippen LogP contribution in [0.25, 0.3) is 5.69 Å². The third-order valence-corrected chi connectivity index (χ3v) is 3.85. The number of rotatable bonds is 4. The Bertz CT molecular complexity index is 525. The van der Waals surface area contributed by atoms with Crippen LogP contribution in [-0.2, 0) is 0 Å². The maximum atomic E-state index is 4.13. The minimum atomic E-state index is 0.868. The third-order valence-electron chi connectivity index (χ3n) is 2.72. The van der Waals surface area contributed by atoms with E-state index in [9.17, 15) is 0 Å². The van der Waals surface area contributed by atoms with Crippen molar-refractivity contribution < 1.29 is 0 Å². The predicted molar refractivity (Wildman–Crippen MR) is 74.4 cm³/mol. The first-order valence-corrected chi connectivity index (χ1v) is 7.11. The highest BCUT2D eigenvalue weighted by molar-refractivity contribution is 7.99. The van der Waals surface area contributed by atoms with Crippen molar-refractivity contribution in [1.29, 1.82) is 0 Å². The average Bonchev–Trinajstić information content (AvgIpc) is 2.73. The second-order valence-electron chi connectivity index (χ2n) is 4.47. The first-order valence-electron chi connectivity index (χ1n) is 6.13. The standard InChI is InChI=1S/C13H18N4S/c1-5-6-18-13-14-15-16-17(13)12-10(3)7-9(2)8-11(12)4/h7-8H,5-6H2,1-4H3. The lowest BCUT2D eigenvalue weighted by molar-refractivity contribution is 0.746. The molecule has 2 rings (SSSR count). The molecule has 5 heteroatoms. The summed E-state index contributed by atoms with van der Waals surface area (Å²) in [5.74, 6) is 1.03. The van der Waals surface area contributed by atoms with Crippen molar-refractivity contribution in [2.75, 3.05) is 5.75 Å². The Hall–Kier alpha value is -1.36. The van der Waals surface area contributed by atoms with E-state index in [1.165, 1.54) is 16.7 Å². The topological polar surface area (TPSA) is 43.6 Å². The molecule has 0 N–H and O–H groups in total. The van der Waals surface area contributed by atoms with E-state index in [1.54, 1.807) is 11.8 Å². The molecule has 0 aliphatic rings. The molecule has 1 heterocycles. The summed E-state index contributed by atoms with van der Waals surface area (Å²) in [5.41, 5.74) is 4.78. The molecular formula is C13H18N4S. The molecule has 0 bridgehead atoms. The molecule has 18 heavy (non-hydrogen) atoms. The molecule has 0 fully saturated rings. The second kappa shape index (κ2) is 5.52. The van der Waals surface area contributed by atoms with Crippen molar-refractivity contribution in [1.82, 2.24) is 20.2 Å². The number of nitrogens with zero attached hydrogens (tertiary/aromatic N) is 4. The smallest absolute Gasteiger partial charge is 0.187 e. The Kier molecular flexibility index (Phi) is 4.01. The van der Waals surface area contributed by atoms with Gasteiger partial charge in [-0.2, -0.15) is 4.68 Å². The fourth-order valence-electron chi connectivity index (χ4n) is 2.11. The van der Waals surface area contributed by atoms with E-state index in [-0.39, 0.29) is 0 Å². The molecule has 0 aliphatic carbocycles. The van der Waals surface area contributed by atoms with E-state index in [4.69, 9.17) is 0 Å².